The van der Waals surface area contributed by atoms with Gasteiger partial charge in [-0.15, -0.1) is 6.42 Å². The number of nitrogens with two attached hydrogens (primary N) is 1. The molecule has 0 bridgehead atoms. The molecule has 94 valence electrons. The first-order chi connectivity index (χ1) is 8.08. The molecule has 2 unspecified atom stereocenters. The van der Waals surface area contributed by atoms with Crippen molar-refractivity contribution in [3.63, 3.8) is 0 Å². The van der Waals surface area contributed by atoms with Crippen LogP contribution in [0.5, 0.6) is 0 Å². The second kappa shape index (κ2) is 4.70. The van der Waals surface area contributed by atoms with Crippen LogP contribution in [0.1, 0.15) is 39.0 Å². The molecule has 3 nitrogen and oxygen atoms in total. The maximum absolute atomic E-state index is 12.6. The van der Waals surface area contributed by atoms with E-state index in [1.807, 2.05) is 11.8 Å². The van der Waals surface area contributed by atoms with Gasteiger partial charge in [-0.3, -0.25) is 4.79 Å². The van der Waals surface area contributed by atoms with E-state index >= 15 is 0 Å². The molecule has 2 aliphatic rings. The molecule has 3 heteroatoms. The summed E-state index contributed by atoms with van der Waals surface area (Å²) in [6, 6.07) is -0.00511. The quantitative estimate of drug-likeness (QED) is 0.747. The first kappa shape index (κ1) is 12.4. The first-order valence-electron chi connectivity index (χ1n) is 6.56. The van der Waals surface area contributed by atoms with E-state index in [9.17, 15) is 4.79 Å². The molecule has 2 aliphatic carbocycles. The molecular weight excluding hydrogens is 212 g/mol. The number of carbonyl (C=O) groups is 1. The smallest absolute Gasteiger partial charge is 0.230 e. The Hall–Kier alpha value is -1.01. The van der Waals surface area contributed by atoms with E-state index in [0.29, 0.717) is 12.5 Å². The number of amides is 1. The van der Waals surface area contributed by atoms with Crippen LogP contribution in [-0.4, -0.2) is 29.9 Å². The van der Waals surface area contributed by atoms with Crippen molar-refractivity contribution >= 4 is 5.91 Å². The van der Waals surface area contributed by atoms with Crippen LogP contribution in [-0.2, 0) is 4.79 Å². The molecule has 17 heavy (non-hydrogen) atoms. The van der Waals surface area contributed by atoms with Gasteiger partial charge in [0.25, 0.3) is 0 Å². The van der Waals surface area contributed by atoms with E-state index in [-0.39, 0.29) is 17.4 Å². The van der Waals surface area contributed by atoms with Crippen molar-refractivity contribution < 1.29 is 4.79 Å². The monoisotopic (exact) mass is 234 g/mol. The van der Waals surface area contributed by atoms with Crippen molar-refractivity contribution in [1.82, 2.24) is 4.90 Å². The van der Waals surface area contributed by atoms with Gasteiger partial charge in [-0.25, -0.2) is 0 Å². The molecular formula is C14H22N2O. The minimum absolute atomic E-state index is 0.00511. The molecule has 2 saturated carbocycles. The molecule has 0 radical (unpaired) electrons. The lowest BCUT2D eigenvalue weighted by Gasteiger charge is -2.33. The van der Waals surface area contributed by atoms with Gasteiger partial charge in [0.1, 0.15) is 0 Å². The summed E-state index contributed by atoms with van der Waals surface area (Å²) >= 11 is 0. The SMILES string of the molecule is C#CCN(CC1CC1)C(=O)C1(C)CCCC1N. The Bertz CT molecular complexity index is 343. The second-order valence-electron chi connectivity index (χ2n) is 5.75. The van der Waals surface area contributed by atoms with Crippen LogP contribution in [0.4, 0.5) is 0 Å². The Kier molecular flexibility index (Phi) is 3.44. The third kappa shape index (κ3) is 2.47. The van der Waals surface area contributed by atoms with Crippen LogP contribution in [0, 0.1) is 23.7 Å². The fourth-order valence-corrected chi connectivity index (χ4v) is 2.76. The normalized spacial score (nSPS) is 32.2. The Morgan fingerprint density at radius 3 is 2.71 bits per heavy atom. The highest BCUT2D eigenvalue weighted by atomic mass is 16.2. The van der Waals surface area contributed by atoms with Crippen molar-refractivity contribution in [1.29, 1.82) is 0 Å². The van der Waals surface area contributed by atoms with Crippen LogP contribution in [0.2, 0.25) is 0 Å². The molecule has 2 N–H and O–H groups in total. The van der Waals surface area contributed by atoms with Crippen LogP contribution in [0.15, 0.2) is 0 Å². The fourth-order valence-electron chi connectivity index (χ4n) is 2.76. The molecule has 0 aromatic heterocycles. The van der Waals surface area contributed by atoms with Gasteiger partial charge in [-0.2, -0.15) is 0 Å². The average molecular weight is 234 g/mol. The van der Waals surface area contributed by atoms with Crippen LogP contribution >= 0.6 is 0 Å². The zero-order chi connectivity index (χ0) is 12.5. The van der Waals surface area contributed by atoms with Crippen LogP contribution < -0.4 is 5.73 Å². The topological polar surface area (TPSA) is 46.3 Å². The maximum Gasteiger partial charge on any atom is 0.230 e. The number of nitrogens with zero attached hydrogens (tertiary/aromatic N) is 1. The molecule has 2 atom stereocenters. The van der Waals surface area contributed by atoms with E-state index in [4.69, 9.17) is 12.2 Å². The number of carbonyl (C=O) groups excluding carboxylic acids is 1. The number of rotatable bonds is 4. The highest BCUT2D eigenvalue weighted by Crippen LogP contribution is 2.39. The number of hydrogen-bond acceptors (Lipinski definition) is 2. The van der Waals surface area contributed by atoms with Crippen molar-refractivity contribution in [2.75, 3.05) is 13.1 Å². The van der Waals surface area contributed by atoms with Gasteiger partial charge in [0.2, 0.25) is 5.91 Å². The lowest BCUT2D eigenvalue weighted by Crippen LogP contribution is -2.49. The van der Waals surface area contributed by atoms with E-state index in [0.717, 1.165) is 25.8 Å². The summed E-state index contributed by atoms with van der Waals surface area (Å²) in [5, 5.41) is 0. The largest absolute Gasteiger partial charge is 0.331 e. The Morgan fingerprint density at radius 2 is 2.24 bits per heavy atom. The zero-order valence-corrected chi connectivity index (χ0v) is 10.6. The lowest BCUT2D eigenvalue weighted by molar-refractivity contribution is -0.141. The van der Waals surface area contributed by atoms with Gasteiger partial charge in [-0.05, 0) is 38.5 Å². The van der Waals surface area contributed by atoms with Gasteiger partial charge in [0.05, 0.1) is 12.0 Å². The van der Waals surface area contributed by atoms with Crippen LogP contribution in [0.25, 0.3) is 0 Å². The minimum atomic E-state index is -0.383. The minimum Gasteiger partial charge on any atom is -0.331 e. The molecule has 0 aliphatic heterocycles. The van der Waals surface area contributed by atoms with Crippen molar-refractivity contribution in [2.45, 2.75) is 45.1 Å². The fraction of sp³-hybridized carbons (Fsp3) is 0.786. The van der Waals surface area contributed by atoms with Gasteiger partial charge in [-0.1, -0.05) is 12.3 Å². The Balaban J connectivity index is 2.06. The summed E-state index contributed by atoms with van der Waals surface area (Å²) in [6.07, 6.45) is 10.7. The standard InChI is InChI=1S/C14H22N2O/c1-3-9-16(10-11-6-7-11)13(17)14(2)8-4-5-12(14)15/h1,11-12H,4-10,15H2,2H3. The Morgan fingerprint density at radius 1 is 1.53 bits per heavy atom. The van der Waals surface area contributed by atoms with Gasteiger partial charge in [0.15, 0.2) is 0 Å². The molecule has 0 aromatic rings. The summed E-state index contributed by atoms with van der Waals surface area (Å²) in [6.45, 7) is 3.26. The second-order valence-corrected chi connectivity index (χ2v) is 5.75. The van der Waals surface area contributed by atoms with E-state index < -0.39 is 0 Å². The lowest BCUT2D eigenvalue weighted by atomic mass is 9.83. The van der Waals surface area contributed by atoms with Gasteiger partial charge in [0, 0.05) is 12.6 Å². The van der Waals surface area contributed by atoms with Crippen LogP contribution in [0.3, 0.4) is 0 Å². The highest BCUT2D eigenvalue weighted by Gasteiger charge is 2.45. The molecule has 0 heterocycles. The van der Waals surface area contributed by atoms with E-state index in [1.54, 1.807) is 0 Å². The van der Waals surface area contributed by atoms with Crippen molar-refractivity contribution in [2.24, 2.45) is 17.1 Å². The molecule has 0 saturated heterocycles. The molecule has 2 fully saturated rings. The number of hydrogen-bond donors (Lipinski definition) is 1. The predicted molar refractivity (Wildman–Crippen MR) is 68.1 cm³/mol. The first-order valence-corrected chi connectivity index (χ1v) is 6.56. The third-order valence-corrected chi connectivity index (χ3v) is 4.26. The molecule has 0 aromatic carbocycles. The van der Waals surface area contributed by atoms with E-state index in [2.05, 4.69) is 5.92 Å². The average Bonchev–Trinajstić information content (AvgIpc) is 3.05. The highest BCUT2D eigenvalue weighted by molar-refractivity contribution is 5.83. The summed E-state index contributed by atoms with van der Waals surface area (Å²) in [5.41, 5.74) is 5.71. The zero-order valence-electron chi connectivity index (χ0n) is 10.6. The van der Waals surface area contributed by atoms with Crippen molar-refractivity contribution in [3.05, 3.63) is 0 Å². The molecule has 0 spiro atoms. The summed E-state index contributed by atoms with van der Waals surface area (Å²) in [4.78, 5) is 14.4. The van der Waals surface area contributed by atoms with E-state index in [1.165, 1.54) is 12.8 Å². The van der Waals surface area contributed by atoms with Gasteiger partial charge < -0.3 is 10.6 Å². The molecule has 1 amide bonds. The molecule has 2 rings (SSSR count). The van der Waals surface area contributed by atoms with Crippen molar-refractivity contribution in [3.8, 4) is 12.3 Å². The summed E-state index contributed by atoms with van der Waals surface area (Å²) in [5.74, 6) is 3.45. The van der Waals surface area contributed by atoms with Gasteiger partial charge >= 0.3 is 0 Å². The maximum atomic E-state index is 12.6. The predicted octanol–water partition coefficient (Wildman–Crippen LogP) is 1.38. The summed E-state index contributed by atoms with van der Waals surface area (Å²) < 4.78 is 0. The Labute approximate surface area is 104 Å². The number of terminal acetylenes is 1. The summed E-state index contributed by atoms with van der Waals surface area (Å²) in [7, 11) is 0. The third-order valence-electron chi connectivity index (χ3n) is 4.26.